The Labute approximate surface area is 192 Å². The number of aromatic nitrogens is 1. The van der Waals surface area contributed by atoms with Gasteiger partial charge < -0.3 is 10.2 Å². The molecule has 0 amide bonds. The van der Waals surface area contributed by atoms with Crippen LogP contribution in [0.15, 0.2) is 54.3 Å². The molecule has 2 aromatic rings. The smallest absolute Gasteiger partial charge is 0.266 e. The Morgan fingerprint density at radius 3 is 2.73 bits per heavy atom. The normalized spacial score (nSPS) is 12.9. The molecule has 0 spiro atoms. The lowest BCUT2D eigenvalue weighted by molar-refractivity contribution is 0.146. The summed E-state index contributed by atoms with van der Waals surface area (Å²) in [5.74, 6) is 0.371. The van der Waals surface area contributed by atoms with E-state index in [9.17, 15) is 13.2 Å². The van der Waals surface area contributed by atoms with Gasteiger partial charge in [-0.2, -0.15) is 0 Å². The van der Waals surface area contributed by atoms with Crippen molar-refractivity contribution in [2.45, 2.75) is 26.2 Å². The van der Waals surface area contributed by atoms with Crippen LogP contribution in [-0.4, -0.2) is 47.9 Å². The first kappa shape index (κ1) is 24.2. The van der Waals surface area contributed by atoms with Gasteiger partial charge in [-0.25, -0.2) is 23.1 Å². The number of amidine groups is 1. The average molecular weight is 459 g/mol. The van der Waals surface area contributed by atoms with Crippen molar-refractivity contribution in [3.8, 4) is 0 Å². The molecule has 6 nitrogen and oxygen atoms in total. The molecule has 0 fully saturated rings. The van der Waals surface area contributed by atoms with E-state index in [1.807, 2.05) is 24.0 Å². The maximum atomic E-state index is 13.6. The van der Waals surface area contributed by atoms with Crippen molar-refractivity contribution in [1.29, 1.82) is 0 Å². The molecule has 0 bridgehead atoms. The molecule has 0 atom stereocenters. The molecule has 33 heavy (non-hydrogen) atoms. The fourth-order valence-electron chi connectivity index (χ4n) is 3.39. The number of hydrogen-bond acceptors (Lipinski definition) is 5. The lowest BCUT2D eigenvalue weighted by Gasteiger charge is -2.29. The minimum Gasteiger partial charge on any atom is -0.381 e. The fourth-order valence-corrected chi connectivity index (χ4v) is 3.39. The molecule has 1 aliphatic heterocycles. The van der Waals surface area contributed by atoms with Crippen LogP contribution in [0.25, 0.3) is 5.70 Å². The zero-order chi connectivity index (χ0) is 24.1. The summed E-state index contributed by atoms with van der Waals surface area (Å²) in [7, 11) is 3.85. The number of nitrogens with one attached hydrogen (secondary N) is 2. The van der Waals surface area contributed by atoms with Gasteiger partial charge in [0, 0.05) is 51.1 Å². The molecule has 2 N–H and O–H groups in total. The Morgan fingerprint density at radius 1 is 1.27 bits per heavy atom. The SMILES string of the molecule is C=C(CCN(NC(C)=Nc1ccc(F)c(C(F)F)c1)C(=C)c1cnc2c(c1)CCN2)N(C)C. The third-order valence-corrected chi connectivity index (χ3v) is 5.38. The Bertz CT molecular complexity index is 1060. The van der Waals surface area contributed by atoms with Gasteiger partial charge >= 0.3 is 0 Å². The minimum atomic E-state index is -2.91. The summed E-state index contributed by atoms with van der Waals surface area (Å²) >= 11 is 0. The second kappa shape index (κ2) is 10.4. The summed E-state index contributed by atoms with van der Waals surface area (Å²) in [5, 5.41) is 5.07. The monoisotopic (exact) mass is 458 g/mol. The number of halogens is 3. The van der Waals surface area contributed by atoms with E-state index in [1.54, 1.807) is 13.1 Å². The predicted molar refractivity (Wildman–Crippen MR) is 127 cm³/mol. The number of aliphatic imine (C=N–C) groups is 1. The van der Waals surface area contributed by atoms with E-state index in [-0.39, 0.29) is 5.69 Å². The molecular formula is C24H29F3N6. The lowest BCUT2D eigenvalue weighted by Crippen LogP contribution is -2.40. The van der Waals surface area contributed by atoms with Gasteiger partial charge in [0.1, 0.15) is 17.5 Å². The van der Waals surface area contributed by atoms with Crippen molar-refractivity contribution in [2.24, 2.45) is 4.99 Å². The highest BCUT2D eigenvalue weighted by molar-refractivity contribution is 5.83. The van der Waals surface area contributed by atoms with Gasteiger partial charge in [0.05, 0.1) is 16.9 Å². The molecular weight excluding hydrogens is 429 g/mol. The molecule has 176 valence electrons. The van der Waals surface area contributed by atoms with Crippen molar-refractivity contribution in [2.75, 3.05) is 32.5 Å². The molecule has 0 unspecified atom stereocenters. The number of hydrazine groups is 1. The standard InChI is InChI=1S/C24H29F3N6/c1-15(32(4)5)9-11-33(16(2)19-12-18-8-10-28-24(18)29-14-19)31-17(3)30-20-6-7-22(25)21(13-20)23(26)27/h6-7,12-14,23H,1-2,8-11H2,3-5H3,(H,28,29)(H,30,31). The van der Waals surface area contributed by atoms with Crippen molar-refractivity contribution in [3.05, 3.63) is 71.8 Å². The van der Waals surface area contributed by atoms with Crippen LogP contribution in [-0.2, 0) is 6.42 Å². The van der Waals surface area contributed by atoms with E-state index in [0.29, 0.717) is 24.5 Å². The van der Waals surface area contributed by atoms with Crippen LogP contribution >= 0.6 is 0 Å². The van der Waals surface area contributed by atoms with Gasteiger partial charge in [0.15, 0.2) is 0 Å². The van der Waals surface area contributed by atoms with Crippen molar-refractivity contribution < 1.29 is 13.2 Å². The largest absolute Gasteiger partial charge is 0.381 e. The Balaban J connectivity index is 1.83. The van der Waals surface area contributed by atoms with Crippen molar-refractivity contribution >= 4 is 23.0 Å². The highest BCUT2D eigenvalue weighted by Gasteiger charge is 2.17. The number of pyridine rings is 1. The van der Waals surface area contributed by atoms with Crippen LogP contribution in [0.1, 0.15) is 36.5 Å². The molecule has 1 aromatic carbocycles. The number of anilines is 1. The van der Waals surface area contributed by atoms with Crippen molar-refractivity contribution in [3.63, 3.8) is 0 Å². The van der Waals surface area contributed by atoms with Gasteiger partial charge in [-0.15, -0.1) is 0 Å². The van der Waals surface area contributed by atoms with Gasteiger partial charge in [0.25, 0.3) is 6.43 Å². The summed E-state index contributed by atoms with van der Waals surface area (Å²) in [6.45, 7) is 11.4. The third kappa shape index (κ3) is 6.06. The van der Waals surface area contributed by atoms with Crippen LogP contribution in [0.5, 0.6) is 0 Å². The molecule has 1 aromatic heterocycles. The molecule has 1 aliphatic rings. The maximum absolute atomic E-state index is 13.6. The highest BCUT2D eigenvalue weighted by Crippen LogP contribution is 2.27. The summed E-state index contributed by atoms with van der Waals surface area (Å²) < 4.78 is 39.7. The van der Waals surface area contributed by atoms with Crippen LogP contribution in [0.3, 0.4) is 0 Å². The molecule has 2 heterocycles. The molecule has 0 saturated carbocycles. The first-order valence-electron chi connectivity index (χ1n) is 10.6. The summed E-state index contributed by atoms with van der Waals surface area (Å²) in [4.78, 5) is 10.8. The van der Waals surface area contributed by atoms with Gasteiger partial charge in [-0.1, -0.05) is 13.2 Å². The van der Waals surface area contributed by atoms with Crippen molar-refractivity contribution in [1.82, 2.24) is 20.3 Å². The predicted octanol–water partition coefficient (Wildman–Crippen LogP) is 5.12. The van der Waals surface area contributed by atoms with E-state index in [2.05, 4.69) is 39.9 Å². The summed E-state index contributed by atoms with van der Waals surface area (Å²) in [6, 6.07) is 5.46. The average Bonchev–Trinajstić information content (AvgIpc) is 3.24. The number of fused-ring (bicyclic) bond motifs is 1. The second-order valence-corrected chi connectivity index (χ2v) is 8.03. The molecule has 3 rings (SSSR count). The molecule has 0 aliphatic carbocycles. The van der Waals surface area contributed by atoms with Crippen LogP contribution in [0, 0.1) is 5.82 Å². The Kier molecular flexibility index (Phi) is 7.63. The van der Waals surface area contributed by atoms with E-state index in [1.165, 1.54) is 6.07 Å². The second-order valence-electron chi connectivity index (χ2n) is 8.03. The quantitative estimate of drug-likeness (QED) is 0.310. The van der Waals surface area contributed by atoms with Gasteiger partial charge in [0.2, 0.25) is 0 Å². The number of nitrogens with zero attached hydrogens (tertiary/aromatic N) is 4. The fraction of sp³-hybridized carbons (Fsp3) is 0.333. The first-order valence-corrected chi connectivity index (χ1v) is 10.6. The Hall–Kier alpha value is -3.49. The molecule has 9 heteroatoms. The number of rotatable bonds is 9. The summed E-state index contributed by atoms with van der Waals surface area (Å²) in [5.41, 5.74) is 6.34. The van der Waals surface area contributed by atoms with Gasteiger partial charge in [-0.05, 0) is 43.2 Å². The third-order valence-electron chi connectivity index (χ3n) is 5.38. The summed E-state index contributed by atoms with van der Waals surface area (Å²) in [6.07, 6.45) is 0.393. The van der Waals surface area contributed by atoms with E-state index < -0.39 is 17.8 Å². The van der Waals surface area contributed by atoms with E-state index in [0.717, 1.165) is 47.7 Å². The first-order chi connectivity index (χ1) is 15.7. The van der Waals surface area contributed by atoms with E-state index >= 15 is 0 Å². The topological polar surface area (TPSA) is 55.8 Å². The number of alkyl halides is 2. The zero-order valence-corrected chi connectivity index (χ0v) is 19.1. The van der Waals surface area contributed by atoms with Crippen LogP contribution in [0.4, 0.5) is 24.7 Å². The molecule has 0 radical (unpaired) electrons. The Morgan fingerprint density at radius 2 is 2.03 bits per heavy atom. The minimum absolute atomic E-state index is 0.227. The number of benzene rings is 1. The maximum Gasteiger partial charge on any atom is 0.266 e. The van der Waals surface area contributed by atoms with Gasteiger partial charge in [-0.3, -0.25) is 10.4 Å². The van der Waals surface area contributed by atoms with E-state index in [4.69, 9.17) is 0 Å². The zero-order valence-electron chi connectivity index (χ0n) is 19.1. The number of hydrogen-bond donors (Lipinski definition) is 2. The highest BCUT2D eigenvalue weighted by atomic mass is 19.3. The lowest BCUT2D eigenvalue weighted by atomic mass is 10.1. The van der Waals surface area contributed by atoms with Crippen LogP contribution in [0.2, 0.25) is 0 Å². The van der Waals surface area contributed by atoms with Crippen LogP contribution < -0.4 is 10.7 Å². The molecule has 0 saturated heterocycles.